The molecule has 0 saturated heterocycles. The number of esters is 1. The molecule has 174 valence electrons. The van der Waals surface area contributed by atoms with Gasteiger partial charge in [0.25, 0.3) is 0 Å². The molecule has 8 heteroatoms. The number of carbonyl (C=O) groups excluding carboxylic acids is 4. The summed E-state index contributed by atoms with van der Waals surface area (Å²) in [7, 11) is 0. The molecule has 0 radical (unpaired) electrons. The van der Waals surface area contributed by atoms with Crippen LogP contribution in [0, 0.1) is 0 Å². The zero-order valence-electron chi connectivity index (χ0n) is 18.7. The first-order valence-electron chi connectivity index (χ1n) is 10.6. The van der Waals surface area contributed by atoms with Crippen LogP contribution < -0.4 is 10.6 Å². The summed E-state index contributed by atoms with van der Waals surface area (Å²) >= 11 is 0. The van der Waals surface area contributed by atoms with E-state index < -0.39 is 35.8 Å². The zero-order chi connectivity index (χ0) is 24.1. The van der Waals surface area contributed by atoms with Gasteiger partial charge in [0.1, 0.15) is 12.6 Å². The van der Waals surface area contributed by atoms with E-state index in [2.05, 4.69) is 10.6 Å². The Balaban J connectivity index is 2.00. The fourth-order valence-electron chi connectivity index (χ4n) is 2.84. The first-order valence-corrected chi connectivity index (χ1v) is 10.6. The Labute approximate surface area is 193 Å². The number of alkyl carbamates (subject to hydrolysis) is 1. The highest BCUT2D eigenvalue weighted by Crippen LogP contribution is 2.06. The maximum atomic E-state index is 12.9. The van der Waals surface area contributed by atoms with Crippen molar-refractivity contribution in [1.29, 1.82) is 0 Å². The molecule has 0 aliphatic heterocycles. The topological polar surface area (TPSA) is 111 Å². The Morgan fingerprint density at radius 3 is 2.06 bits per heavy atom. The number of carbonyl (C=O) groups is 4. The van der Waals surface area contributed by atoms with Crippen LogP contribution in [0.1, 0.15) is 25.0 Å². The fourth-order valence-corrected chi connectivity index (χ4v) is 2.84. The average Bonchev–Trinajstić information content (AvgIpc) is 2.82. The average molecular weight is 453 g/mol. The van der Waals surface area contributed by atoms with Gasteiger partial charge in [-0.3, -0.25) is 9.59 Å². The molecule has 0 spiro atoms. The molecule has 0 aliphatic carbocycles. The minimum atomic E-state index is -0.972. The normalized spacial score (nSPS) is 12.4. The molecule has 0 heterocycles. The number of benzene rings is 2. The second-order valence-electron chi connectivity index (χ2n) is 7.17. The van der Waals surface area contributed by atoms with Crippen molar-refractivity contribution >= 4 is 23.8 Å². The molecule has 0 unspecified atom stereocenters. The van der Waals surface area contributed by atoms with E-state index in [0.29, 0.717) is 0 Å². The second kappa shape index (κ2) is 13.5. The van der Waals surface area contributed by atoms with Gasteiger partial charge in [0.2, 0.25) is 5.91 Å². The Bertz CT molecular complexity index is 959. The Kier molecular flexibility index (Phi) is 10.3. The van der Waals surface area contributed by atoms with Gasteiger partial charge in [-0.05, 0) is 31.1 Å². The number of rotatable bonds is 11. The monoisotopic (exact) mass is 452 g/mol. The van der Waals surface area contributed by atoms with Crippen molar-refractivity contribution in [1.82, 2.24) is 10.6 Å². The number of hydrogen-bond acceptors (Lipinski definition) is 6. The third-order valence-electron chi connectivity index (χ3n) is 4.56. The lowest BCUT2D eigenvalue weighted by molar-refractivity contribution is -0.137. The smallest absolute Gasteiger partial charge is 0.408 e. The third kappa shape index (κ3) is 9.39. The maximum absolute atomic E-state index is 12.9. The van der Waals surface area contributed by atoms with E-state index in [1.807, 2.05) is 60.7 Å². The summed E-state index contributed by atoms with van der Waals surface area (Å²) in [5.41, 5.74) is 1.63. The predicted octanol–water partition coefficient (Wildman–Crippen LogP) is 2.72. The molecule has 2 aromatic rings. The van der Waals surface area contributed by atoms with Gasteiger partial charge in [-0.25, -0.2) is 9.59 Å². The summed E-state index contributed by atoms with van der Waals surface area (Å²) < 4.78 is 9.96. The first-order chi connectivity index (χ1) is 15.9. The minimum absolute atomic E-state index is 0.0554. The van der Waals surface area contributed by atoms with Crippen LogP contribution in [0.4, 0.5) is 4.79 Å². The summed E-state index contributed by atoms with van der Waals surface area (Å²) in [6.07, 6.45) is 1.51. The molecule has 0 saturated carbocycles. The van der Waals surface area contributed by atoms with Gasteiger partial charge in [0, 0.05) is 12.5 Å². The molecule has 33 heavy (non-hydrogen) atoms. The van der Waals surface area contributed by atoms with E-state index in [4.69, 9.17) is 9.47 Å². The van der Waals surface area contributed by atoms with E-state index in [0.717, 1.165) is 23.3 Å². The molecule has 2 N–H and O–H groups in total. The molecule has 0 fully saturated rings. The van der Waals surface area contributed by atoms with Crippen LogP contribution in [0.25, 0.3) is 0 Å². The van der Waals surface area contributed by atoms with E-state index in [-0.39, 0.29) is 19.6 Å². The van der Waals surface area contributed by atoms with E-state index in [1.165, 1.54) is 6.92 Å². The second-order valence-corrected chi connectivity index (χ2v) is 7.17. The van der Waals surface area contributed by atoms with Crippen molar-refractivity contribution < 1.29 is 28.7 Å². The molecule has 0 aromatic heterocycles. The van der Waals surface area contributed by atoms with Gasteiger partial charge in [-0.1, -0.05) is 60.7 Å². The predicted molar refractivity (Wildman–Crippen MR) is 122 cm³/mol. The molecular weight excluding hydrogens is 424 g/mol. The van der Waals surface area contributed by atoms with Crippen LogP contribution in [0.15, 0.2) is 72.8 Å². The van der Waals surface area contributed by atoms with Crippen LogP contribution in [0.5, 0.6) is 0 Å². The van der Waals surface area contributed by atoms with E-state index in [9.17, 15) is 19.2 Å². The van der Waals surface area contributed by atoms with Gasteiger partial charge in [-0.15, -0.1) is 0 Å². The van der Waals surface area contributed by atoms with Gasteiger partial charge in [-0.2, -0.15) is 0 Å². The van der Waals surface area contributed by atoms with Crippen molar-refractivity contribution in [3.05, 3.63) is 83.9 Å². The molecule has 2 atom stereocenters. The zero-order valence-corrected chi connectivity index (χ0v) is 18.7. The molecule has 0 bridgehead atoms. The van der Waals surface area contributed by atoms with Crippen molar-refractivity contribution in [2.24, 2.45) is 0 Å². The quantitative estimate of drug-likeness (QED) is 0.401. The standard InChI is InChI=1S/C25H28N2O6/c1-3-32-23(29)15-14-22(28)18(2)26-24(30)21(16-19-10-6-4-7-11-19)27-25(31)33-17-20-12-8-5-9-13-20/h4-15,18,21H,3,16-17H2,1-2H3,(H,26,30)(H,27,31)/b15-14-/t18-,21-/m0/s1. The van der Waals surface area contributed by atoms with Crippen molar-refractivity contribution in [2.75, 3.05) is 6.61 Å². The summed E-state index contributed by atoms with van der Waals surface area (Å²) in [5, 5.41) is 5.14. The number of ketones is 1. The van der Waals surface area contributed by atoms with Crippen molar-refractivity contribution in [3.63, 3.8) is 0 Å². The van der Waals surface area contributed by atoms with Gasteiger partial charge >= 0.3 is 12.1 Å². The number of hydrogen-bond donors (Lipinski definition) is 2. The molecular formula is C25H28N2O6. The third-order valence-corrected chi connectivity index (χ3v) is 4.56. The van der Waals surface area contributed by atoms with Crippen molar-refractivity contribution in [2.45, 2.75) is 39.0 Å². The maximum Gasteiger partial charge on any atom is 0.408 e. The van der Waals surface area contributed by atoms with Crippen LogP contribution in [-0.4, -0.2) is 42.4 Å². The summed E-state index contributed by atoms with van der Waals surface area (Å²) in [4.78, 5) is 48.8. The van der Waals surface area contributed by atoms with E-state index in [1.54, 1.807) is 6.92 Å². The van der Waals surface area contributed by atoms with Gasteiger partial charge in [0.15, 0.2) is 5.78 Å². The van der Waals surface area contributed by atoms with Crippen LogP contribution in [0.2, 0.25) is 0 Å². The van der Waals surface area contributed by atoms with E-state index >= 15 is 0 Å². The lowest BCUT2D eigenvalue weighted by atomic mass is 10.0. The number of nitrogens with one attached hydrogen (secondary N) is 2. The summed E-state index contributed by atoms with van der Waals surface area (Å²) in [6.45, 7) is 3.39. The van der Waals surface area contributed by atoms with Gasteiger partial charge < -0.3 is 20.1 Å². The van der Waals surface area contributed by atoms with Crippen LogP contribution >= 0.6 is 0 Å². The molecule has 2 amide bonds. The Hall–Kier alpha value is -3.94. The van der Waals surface area contributed by atoms with Crippen LogP contribution in [0.3, 0.4) is 0 Å². The van der Waals surface area contributed by atoms with Crippen LogP contribution in [-0.2, 0) is 36.9 Å². The number of amides is 2. The summed E-state index contributed by atoms with van der Waals surface area (Å²) in [5.74, 6) is -1.68. The lowest BCUT2D eigenvalue weighted by Gasteiger charge is -2.20. The highest BCUT2D eigenvalue weighted by atomic mass is 16.5. The van der Waals surface area contributed by atoms with Gasteiger partial charge in [0.05, 0.1) is 12.6 Å². The highest BCUT2D eigenvalue weighted by Gasteiger charge is 2.25. The molecule has 0 aliphatic rings. The summed E-state index contributed by atoms with van der Waals surface area (Å²) in [6, 6.07) is 16.4. The molecule has 2 aromatic carbocycles. The molecule has 2 rings (SSSR count). The highest BCUT2D eigenvalue weighted by molar-refractivity contribution is 6.01. The SMILES string of the molecule is CCOC(=O)/C=C\C(=O)[C@H](C)NC(=O)[C@H](Cc1ccccc1)NC(=O)OCc1ccccc1. The fraction of sp³-hybridized carbons (Fsp3) is 0.280. The molecule has 8 nitrogen and oxygen atoms in total. The Morgan fingerprint density at radius 1 is 0.848 bits per heavy atom. The minimum Gasteiger partial charge on any atom is -0.463 e. The Morgan fingerprint density at radius 2 is 1.45 bits per heavy atom. The lowest BCUT2D eigenvalue weighted by Crippen LogP contribution is -2.51. The first kappa shape index (κ1) is 25.3. The number of ether oxygens (including phenoxy) is 2. The van der Waals surface area contributed by atoms with Crippen molar-refractivity contribution in [3.8, 4) is 0 Å². The largest absolute Gasteiger partial charge is 0.463 e.